The van der Waals surface area contributed by atoms with Crippen LogP contribution in [0.15, 0.2) is 200 Å². The first-order valence-corrected chi connectivity index (χ1v) is 21.6. The van der Waals surface area contributed by atoms with Gasteiger partial charge in [-0.25, -0.2) is 0 Å². The summed E-state index contributed by atoms with van der Waals surface area (Å²) in [4.78, 5) is 0. The fraction of sp³-hybridized carbons (Fsp3) is 0. The maximum Gasteiger partial charge on any atom is 0.0547 e. The normalized spacial score (nSPS) is 12.3. The Morgan fingerprint density at radius 3 is 1.57 bits per heavy atom. The Morgan fingerprint density at radius 1 is 0.283 bits per heavy atom. The lowest BCUT2D eigenvalue weighted by atomic mass is 9.91. The molecule has 0 unspecified atom stereocenters. The lowest BCUT2D eigenvalue weighted by Gasteiger charge is -2.14. The van der Waals surface area contributed by atoms with Crippen molar-refractivity contribution in [3.8, 4) is 50.2 Å². The van der Waals surface area contributed by atoms with E-state index in [4.69, 9.17) is 0 Å². The van der Waals surface area contributed by atoms with Crippen LogP contribution in [-0.2, 0) is 0 Å². The van der Waals surface area contributed by atoms with Crippen LogP contribution in [0.5, 0.6) is 0 Å². The molecule has 1 nitrogen and oxygen atoms in total. The number of hydrogen-bond acceptors (Lipinski definition) is 1. The first-order chi connectivity index (χ1) is 29.7. The first kappa shape index (κ1) is 32.4. The third-order valence-corrected chi connectivity index (χ3v) is 14.4. The molecule has 0 saturated heterocycles. The number of fused-ring (bicyclic) bond motifs is 15. The quantitative estimate of drug-likeness (QED) is 0.158. The summed E-state index contributed by atoms with van der Waals surface area (Å²) in [5.74, 6) is 0. The van der Waals surface area contributed by atoms with Crippen molar-refractivity contribution in [3.05, 3.63) is 200 Å². The van der Waals surface area contributed by atoms with Crippen molar-refractivity contribution < 1.29 is 0 Å². The minimum absolute atomic E-state index is 1.18. The van der Waals surface area contributed by atoms with Gasteiger partial charge in [0.05, 0.1) is 11.0 Å². The molecule has 0 fully saturated rings. The molecule has 276 valence electrons. The van der Waals surface area contributed by atoms with Crippen molar-refractivity contribution in [2.75, 3.05) is 0 Å². The first-order valence-electron chi connectivity index (χ1n) is 20.7. The molecule has 0 bridgehead atoms. The van der Waals surface area contributed by atoms with Crippen molar-refractivity contribution in [1.29, 1.82) is 0 Å². The summed E-state index contributed by atoms with van der Waals surface area (Å²) in [5, 5.41) is 15.6. The molecule has 0 radical (unpaired) electrons. The largest absolute Gasteiger partial charge is 0.309 e. The molecule has 0 amide bonds. The van der Waals surface area contributed by atoms with Crippen LogP contribution in [0.1, 0.15) is 0 Å². The molecule has 13 aromatic rings. The van der Waals surface area contributed by atoms with Crippen LogP contribution < -0.4 is 0 Å². The Bertz CT molecular complexity index is 3990. The summed E-state index contributed by atoms with van der Waals surface area (Å²) in [6.45, 7) is 0. The third kappa shape index (κ3) is 4.46. The van der Waals surface area contributed by atoms with E-state index in [9.17, 15) is 0 Å². The van der Waals surface area contributed by atoms with Crippen LogP contribution in [0.4, 0.5) is 0 Å². The second-order valence-electron chi connectivity index (χ2n) is 16.4. The highest BCUT2D eigenvalue weighted by molar-refractivity contribution is 7.25. The molecule has 60 heavy (non-hydrogen) atoms. The number of thiophene rings is 1. The summed E-state index contributed by atoms with van der Waals surface area (Å²) in [6, 6.07) is 75.0. The van der Waals surface area contributed by atoms with Gasteiger partial charge in [0.15, 0.2) is 0 Å². The van der Waals surface area contributed by atoms with Gasteiger partial charge < -0.3 is 4.57 Å². The molecule has 11 aromatic carbocycles. The summed E-state index contributed by atoms with van der Waals surface area (Å²) < 4.78 is 5.06. The maximum absolute atomic E-state index is 2.45. The highest BCUT2D eigenvalue weighted by atomic mass is 32.1. The minimum atomic E-state index is 1.18. The van der Waals surface area contributed by atoms with E-state index >= 15 is 0 Å². The Morgan fingerprint density at radius 2 is 0.833 bits per heavy atom. The molecule has 0 aliphatic heterocycles. The van der Waals surface area contributed by atoms with Crippen LogP contribution in [-0.4, -0.2) is 4.57 Å². The highest BCUT2D eigenvalue weighted by Crippen LogP contribution is 2.49. The molecule has 0 atom stereocenters. The van der Waals surface area contributed by atoms with Crippen molar-refractivity contribution in [1.82, 2.24) is 4.57 Å². The summed E-state index contributed by atoms with van der Waals surface area (Å²) >= 11 is 1.88. The van der Waals surface area contributed by atoms with Crippen molar-refractivity contribution in [2.45, 2.75) is 0 Å². The zero-order valence-corrected chi connectivity index (χ0v) is 33.2. The van der Waals surface area contributed by atoms with Crippen LogP contribution in [0.25, 0.3) is 135 Å². The van der Waals surface area contributed by atoms with E-state index in [2.05, 4.69) is 205 Å². The van der Waals surface area contributed by atoms with Gasteiger partial charge in [-0.3, -0.25) is 0 Å². The van der Waals surface area contributed by atoms with E-state index in [1.807, 2.05) is 11.3 Å². The van der Waals surface area contributed by atoms with Crippen LogP contribution in [0.2, 0.25) is 0 Å². The third-order valence-electron chi connectivity index (χ3n) is 13.3. The zero-order chi connectivity index (χ0) is 39.1. The highest BCUT2D eigenvalue weighted by Gasteiger charge is 2.22. The van der Waals surface area contributed by atoms with E-state index in [0.29, 0.717) is 0 Å². The lowest BCUT2D eigenvalue weighted by molar-refractivity contribution is 1.18. The second kappa shape index (κ2) is 12.0. The standard InChI is InChI=1S/C58H33NS/c1-2-12-39(13-3-1)59-54-19-7-6-16-44(54)51-32-49-43-25-21-35(28-47(43)40-14-4-5-15-41(40)50(49)33-55(51)59)37-22-26-56-52(30-37)53-31-38(23-27-57(53)60-56)36-20-24-42-45-17-8-10-34-11-9-18-46(58(34)45)48(42)29-36/h1-33H. The molecular weight excluding hydrogens is 743 g/mol. The van der Waals surface area contributed by atoms with Gasteiger partial charge in [-0.1, -0.05) is 133 Å². The average molecular weight is 776 g/mol. The Balaban J connectivity index is 0.926. The molecule has 0 saturated carbocycles. The molecule has 0 spiro atoms. The second-order valence-corrected chi connectivity index (χ2v) is 17.5. The van der Waals surface area contributed by atoms with Crippen molar-refractivity contribution in [3.63, 3.8) is 0 Å². The van der Waals surface area contributed by atoms with E-state index in [1.54, 1.807) is 0 Å². The monoisotopic (exact) mass is 775 g/mol. The fourth-order valence-corrected chi connectivity index (χ4v) is 11.6. The number of hydrogen-bond donors (Lipinski definition) is 0. The van der Waals surface area contributed by atoms with Gasteiger partial charge in [-0.2, -0.15) is 0 Å². The molecule has 2 heterocycles. The molecular formula is C58H33NS. The minimum Gasteiger partial charge on any atom is -0.309 e. The number of rotatable bonds is 3. The van der Waals surface area contributed by atoms with Gasteiger partial charge in [0.2, 0.25) is 0 Å². The topological polar surface area (TPSA) is 4.93 Å². The van der Waals surface area contributed by atoms with Gasteiger partial charge in [0, 0.05) is 36.6 Å². The van der Waals surface area contributed by atoms with Gasteiger partial charge in [-0.15, -0.1) is 11.3 Å². The predicted octanol–water partition coefficient (Wildman–Crippen LogP) is 16.7. The summed E-state index contributed by atoms with van der Waals surface area (Å²) in [7, 11) is 0. The maximum atomic E-state index is 2.45. The number of aromatic nitrogens is 1. The van der Waals surface area contributed by atoms with E-state index in [-0.39, 0.29) is 0 Å². The van der Waals surface area contributed by atoms with Crippen LogP contribution in [0, 0.1) is 0 Å². The van der Waals surface area contributed by atoms with E-state index in [1.165, 1.54) is 135 Å². The Labute approximate surface area is 349 Å². The van der Waals surface area contributed by atoms with Gasteiger partial charge >= 0.3 is 0 Å². The Kier molecular flexibility index (Phi) is 6.50. The number of nitrogens with zero attached hydrogens (tertiary/aromatic N) is 1. The molecule has 14 rings (SSSR count). The Hall–Kier alpha value is -7.52. The number of para-hydroxylation sites is 2. The summed E-state index contributed by atoms with van der Waals surface area (Å²) in [5.41, 5.74) is 14.0. The van der Waals surface area contributed by atoms with Gasteiger partial charge in [0.25, 0.3) is 0 Å². The van der Waals surface area contributed by atoms with E-state index in [0.717, 1.165) is 0 Å². The lowest BCUT2D eigenvalue weighted by Crippen LogP contribution is -1.93. The molecule has 0 N–H and O–H groups in total. The average Bonchev–Trinajstić information content (AvgIpc) is 3.96. The molecule has 1 aliphatic carbocycles. The summed E-state index contributed by atoms with van der Waals surface area (Å²) in [6.07, 6.45) is 0. The molecule has 1 aliphatic rings. The van der Waals surface area contributed by atoms with Crippen LogP contribution >= 0.6 is 11.3 Å². The van der Waals surface area contributed by atoms with E-state index < -0.39 is 0 Å². The zero-order valence-electron chi connectivity index (χ0n) is 32.4. The molecule has 2 heteroatoms. The SMILES string of the molecule is c1ccc(-n2c3ccccc3c3cc4c5ccc(-c6ccc7sc8ccc(-c9ccc%10c(c9)-c9cccc%11cccc-%10c9%11)cc8c7c6)cc5c5ccccc5c4cc32)cc1. The number of benzene rings is 11. The van der Waals surface area contributed by atoms with Crippen molar-refractivity contribution >= 4 is 96.4 Å². The predicted molar refractivity (Wildman–Crippen MR) is 259 cm³/mol. The van der Waals surface area contributed by atoms with Crippen molar-refractivity contribution in [2.24, 2.45) is 0 Å². The van der Waals surface area contributed by atoms with Gasteiger partial charge in [-0.05, 0) is 154 Å². The smallest absolute Gasteiger partial charge is 0.0547 e. The van der Waals surface area contributed by atoms with Crippen LogP contribution in [0.3, 0.4) is 0 Å². The fourth-order valence-electron chi connectivity index (χ4n) is 10.6. The molecule has 2 aromatic heterocycles. The van der Waals surface area contributed by atoms with Gasteiger partial charge in [0.1, 0.15) is 0 Å².